The largest absolute Gasteiger partial charge is 0.315 e. The highest BCUT2D eigenvalue weighted by molar-refractivity contribution is 7.89. The number of nitrogens with one attached hydrogen (secondary N) is 2. The summed E-state index contributed by atoms with van der Waals surface area (Å²) >= 11 is 0. The molecule has 0 aromatic carbocycles. The van der Waals surface area contributed by atoms with Crippen molar-refractivity contribution < 1.29 is 8.42 Å². The minimum absolute atomic E-state index is 0.245. The Morgan fingerprint density at radius 2 is 2.05 bits per heavy atom. The summed E-state index contributed by atoms with van der Waals surface area (Å²) in [4.78, 5) is 2.28. The molecule has 6 heteroatoms. The van der Waals surface area contributed by atoms with Crippen LogP contribution in [0, 0.1) is 5.92 Å². The highest BCUT2D eigenvalue weighted by atomic mass is 32.2. The lowest BCUT2D eigenvalue weighted by Gasteiger charge is -2.29. The first-order chi connectivity index (χ1) is 9.39. The lowest BCUT2D eigenvalue weighted by atomic mass is 9.99. The molecule has 1 fully saturated rings. The summed E-state index contributed by atoms with van der Waals surface area (Å²) in [5.74, 6) is 0.709. The number of rotatable bonds is 9. The van der Waals surface area contributed by atoms with Crippen molar-refractivity contribution in [3.63, 3.8) is 0 Å². The van der Waals surface area contributed by atoms with Gasteiger partial charge in [-0.15, -0.1) is 0 Å². The average molecular weight is 305 g/mol. The standard InChI is InChI=1S/C14H31N3O2S/c1-13(2)15-8-4-5-10-20(18,19)16-11-14-7-6-9-17(3)12-14/h13-16H,4-12H2,1-3H3. The predicted molar refractivity (Wildman–Crippen MR) is 84.4 cm³/mol. The zero-order valence-electron chi connectivity index (χ0n) is 13.2. The van der Waals surface area contributed by atoms with E-state index >= 15 is 0 Å². The summed E-state index contributed by atoms with van der Waals surface area (Å²) in [6, 6.07) is 0.466. The number of unbranched alkanes of at least 4 members (excludes halogenated alkanes) is 1. The van der Waals surface area contributed by atoms with Crippen molar-refractivity contribution >= 4 is 10.0 Å². The Balaban J connectivity index is 2.14. The minimum Gasteiger partial charge on any atom is -0.315 e. The Labute approximate surface area is 124 Å². The summed E-state index contributed by atoms with van der Waals surface area (Å²) in [5.41, 5.74) is 0. The fraction of sp³-hybridized carbons (Fsp3) is 1.00. The highest BCUT2D eigenvalue weighted by Gasteiger charge is 2.19. The van der Waals surface area contributed by atoms with Crippen LogP contribution in [-0.4, -0.2) is 58.3 Å². The molecule has 0 radical (unpaired) electrons. The van der Waals surface area contributed by atoms with Gasteiger partial charge in [-0.05, 0) is 51.7 Å². The molecule has 0 aromatic rings. The first-order valence-corrected chi connectivity index (χ1v) is 9.43. The van der Waals surface area contributed by atoms with Gasteiger partial charge >= 0.3 is 0 Å². The molecule has 0 saturated carbocycles. The van der Waals surface area contributed by atoms with E-state index in [2.05, 4.69) is 35.8 Å². The first-order valence-electron chi connectivity index (χ1n) is 7.78. The van der Waals surface area contributed by atoms with Crippen molar-refractivity contribution in [1.82, 2.24) is 14.9 Å². The molecular formula is C14H31N3O2S. The maximum atomic E-state index is 11.9. The third-order valence-electron chi connectivity index (χ3n) is 3.71. The molecule has 1 saturated heterocycles. The number of hydrogen-bond acceptors (Lipinski definition) is 4. The van der Waals surface area contributed by atoms with Gasteiger partial charge in [-0.3, -0.25) is 0 Å². The van der Waals surface area contributed by atoms with Gasteiger partial charge < -0.3 is 10.2 Å². The Morgan fingerprint density at radius 1 is 1.30 bits per heavy atom. The third-order valence-corrected chi connectivity index (χ3v) is 5.14. The second-order valence-corrected chi connectivity index (χ2v) is 8.18. The predicted octanol–water partition coefficient (Wildman–Crippen LogP) is 1.03. The van der Waals surface area contributed by atoms with Gasteiger partial charge in [0.25, 0.3) is 0 Å². The molecule has 2 N–H and O–H groups in total. The number of likely N-dealkylation sites (tertiary alicyclic amines) is 1. The third kappa shape index (κ3) is 8.19. The Morgan fingerprint density at radius 3 is 2.70 bits per heavy atom. The van der Waals surface area contributed by atoms with Crippen molar-refractivity contribution in [3.8, 4) is 0 Å². The Kier molecular flexibility index (Phi) is 8.02. The maximum Gasteiger partial charge on any atom is 0.211 e. The number of piperidine rings is 1. The summed E-state index contributed by atoms with van der Waals surface area (Å²) in [5, 5.41) is 3.30. The molecular weight excluding hydrogens is 274 g/mol. The summed E-state index contributed by atoms with van der Waals surface area (Å²) < 4.78 is 26.6. The number of hydrogen-bond donors (Lipinski definition) is 2. The van der Waals surface area contributed by atoms with Crippen LogP contribution in [0.5, 0.6) is 0 Å². The van der Waals surface area contributed by atoms with Crippen molar-refractivity contribution in [3.05, 3.63) is 0 Å². The van der Waals surface area contributed by atoms with Gasteiger partial charge in [-0.25, -0.2) is 13.1 Å². The number of sulfonamides is 1. The van der Waals surface area contributed by atoms with Crippen LogP contribution < -0.4 is 10.0 Å². The van der Waals surface area contributed by atoms with Crippen LogP contribution in [0.4, 0.5) is 0 Å². The van der Waals surface area contributed by atoms with E-state index in [4.69, 9.17) is 0 Å². The Hall–Kier alpha value is -0.170. The molecule has 0 aromatic heterocycles. The van der Waals surface area contributed by atoms with Crippen LogP contribution in [0.3, 0.4) is 0 Å². The first kappa shape index (κ1) is 17.9. The summed E-state index contributed by atoms with van der Waals surface area (Å²) in [7, 11) is -0.996. The Bertz CT molecular complexity index is 357. The van der Waals surface area contributed by atoms with Gasteiger partial charge in [0.05, 0.1) is 5.75 Å². The van der Waals surface area contributed by atoms with Gasteiger partial charge in [-0.2, -0.15) is 0 Å². The van der Waals surface area contributed by atoms with Crippen LogP contribution in [-0.2, 0) is 10.0 Å². The van der Waals surface area contributed by atoms with E-state index in [1.807, 2.05) is 0 Å². The molecule has 20 heavy (non-hydrogen) atoms. The molecule has 1 atom stereocenters. The van der Waals surface area contributed by atoms with Crippen LogP contribution >= 0.6 is 0 Å². The summed E-state index contributed by atoms with van der Waals surface area (Å²) in [6.45, 7) is 7.81. The van der Waals surface area contributed by atoms with Crippen molar-refractivity contribution in [2.75, 3.05) is 39.0 Å². The molecule has 0 bridgehead atoms. The van der Waals surface area contributed by atoms with E-state index in [0.717, 1.165) is 38.9 Å². The van der Waals surface area contributed by atoms with Crippen LogP contribution in [0.1, 0.15) is 39.5 Å². The molecule has 0 aliphatic carbocycles. The van der Waals surface area contributed by atoms with Gasteiger partial charge in [0.1, 0.15) is 0 Å². The smallest absolute Gasteiger partial charge is 0.211 e. The lowest BCUT2D eigenvalue weighted by Crippen LogP contribution is -2.39. The van der Waals surface area contributed by atoms with E-state index in [-0.39, 0.29) is 5.75 Å². The fourth-order valence-corrected chi connectivity index (χ4v) is 3.78. The SMILES string of the molecule is CC(C)NCCCCS(=O)(=O)NCC1CCCN(C)C1. The average Bonchev–Trinajstić information content (AvgIpc) is 2.36. The topological polar surface area (TPSA) is 61.4 Å². The van der Waals surface area contributed by atoms with Crippen molar-refractivity contribution in [2.45, 2.75) is 45.6 Å². The molecule has 0 spiro atoms. The van der Waals surface area contributed by atoms with Crippen molar-refractivity contribution in [1.29, 1.82) is 0 Å². The highest BCUT2D eigenvalue weighted by Crippen LogP contribution is 2.14. The van der Waals surface area contributed by atoms with E-state index in [1.54, 1.807) is 0 Å². The fourth-order valence-electron chi connectivity index (χ4n) is 2.56. The van der Waals surface area contributed by atoms with Crippen LogP contribution in [0.25, 0.3) is 0 Å². The van der Waals surface area contributed by atoms with Crippen LogP contribution in [0.15, 0.2) is 0 Å². The molecule has 1 heterocycles. The van der Waals surface area contributed by atoms with E-state index < -0.39 is 10.0 Å². The maximum absolute atomic E-state index is 11.9. The molecule has 120 valence electrons. The quantitative estimate of drug-likeness (QED) is 0.625. The molecule has 1 aliphatic heterocycles. The molecule has 0 amide bonds. The minimum atomic E-state index is -3.10. The molecule has 1 aliphatic rings. The van der Waals surface area contributed by atoms with E-state index in [1.165, 1.54) is 6.42 Å². The zero-order chi connectivity index (χ0) is 15.0. The van der Waals surface area contributed by atoms with Gasteiger partial charge in [0.2, 0.25) is 10.0 Å². The molecule has 1 unspecified atom stereocenters. The van der Waals surface area contributed by atoms with Crippen molar-refractivity contribution in [2.24, 2.45) is 5.92 Å². The van der Waals surface area contributed by atoms with E-state index in [0.29, 0.717) is 18.5 Å². The van der Waals surface area contributed by atoms with Gasteiger partial charge in [-0.1, -0.05) is 13.8 Å². The lowest BCUT2D eigenvalue weighted by molar-refractivity contribution is 0.211. The summed E-state index contributed by atoms with van der Waals surface area (Å²) in [6.07, 6.45) is 3.93. The normalized spacial score (nSPS) is 21.5. The van der Waals surface area contributed by atoms with Crippen LogP contribution in [0.2, 0.25) is 0 Å². The monoisotopic (exact) mass is 305 g/mol. The molecule has 1 rings (SSSR count). The molecule has 5 nitrogen and oxygen atoms in total. The van der Waals surface area contributed by atoms with E-state index in [9.17, 15) is 8.42 Å². The second-order valence-electron chi connectivity index (χ2n) is 6.25. The van der Waals surface area contributed by atoms with Gasteiger partial charge in [0, 0.05) is 19.1 Å². The zero-order valence-corrected chi connectivity index (χ0v) is 14.0. The van der Waals surface area contributed by atoms with Gasteiger partial charge in [0.15, 0.2) is 0 Å². The second kappa shape index (κ2) is 8.97. The number of nitrogens with zero attached hydrogens (tertiary/aromatic N) is 1.